The van der Waals surface area contributed by atoms with Crippen LogP contribution in [0.4, 0.5) is 0 Å². The van der Waals surface area contributed by atoms with Crippen LogP contribution in [0, 0.1) is 29.6 Å². The minimum atomic E-state index is -0.720. The van der Waals surface area contributed by atoms with Crippen LogP contribution in [0.5, 0.6) is 0 Å². The summed E-state index contributed by atoms with van der Waals surface area (Å²) in [6.07, 6.45) is 12.2. The van der Waals surface area contributed by atoms with Crippen molar-refractivity contribution in [3.8, 4) is 11.1 Å². The van der Waals surface area contributed by atoms with Gasteiger partial charge in [-0.15, -0.1) is 0 Å². The number of nitrogens with zero attached hydrogens (tertiary/aromatic N) is 4. The van der Waals surface area contributed by atoms with Crippen LogP contribution in [-0.2, 0) is 51.2 Å². The molecule has 2 heterocycles. The highest BCUT2D eigenvalue weighted by molar-refractivity contribution is 5.99. The van der Waals surface area contributed by atoms with E-state index in [2.05, 4.69) is 21.3 Å². The average molecular weight is 1270 g/mol. The Bertz CT molecular complexity index is 3180. The van der Waals surface area contributed by atoms with Crippen molar-refractivity contribution in [3.05, 3.63) is 131 Å². The number of likely N-dealkylation sites (tertiary alicyclic amines) is 2. The molecule has 0 radical (unpaired) electrons. The molecule has 2 aliphatic carbocycles. The fraction of sp³-hybridized carbons (Fsp3) is 0.547. The molecule has 2 aliphatic heterocycles. The van der Waals surface area contributed by atoms with Gasteiger partial charge in [0.1, 0.15) is 11.8 Å². The first kappa shape index (κ1) is 70.8. The van der Waals surface area contributed by atoms with E-state index in [4.69, 9.17) is 0 Å². The maximum atomic E-state index is 14.9. The Morgan fingerprint density at radius 1 is 0.548 bits per heavy atom. The third-order valence-electron chi connectivity index (χ3n) is 19.8. The summed E-state index contributed by atoms with van der Waals surface area (Å²) in [6.45, 7) is 11.7. The van der Waals surface area contributed by atoms with Crippen molar-refractivity contribution in [1.29, 1.82) is 0 Å². The fourth-order valence-corrected chi connectivity index (χ4v) is 14.2. The molecule has 7 atom stereocenters. The molecule has 0 spiro atoms. The summed E-state index contributed by atoms with van der Waals surface area (Å²) in [7, 11) is 0. The zero-order chi connectivity index (χ0) is 66.6. The zero-order valence-electron chi connectivity index (χ0n) is 55.7. The number of amides is 8. The number of carbonyl (C=O) groups is 10. The summed E-state index contributed by atoms with van der Waals surface area (Å²) in [5, 5.41) is 12.0. The number of carbonyl (C=O) groups excluding carboxylic acids is 10. The number of benzene rings is 4. The van der Waals surface area contributed by atoms with Crippen molar-refractivity contribution < 1.29 is 47.9 Å². The molecule has 93 heavy (non-hydrogen) atoms. The highest BCUT2D eigenvalue weighted by atomic mass is 16.2. The monoisotopic (exact) mass is 1270 g/mol. The molecule has 8 amide bonds. The second-order valence-electron chi connectivity index (χ2n) is 27.0. The number of rotatable bonds is 30. The molecule has 4 aromatic rings. The van der Waals surface area contributed by atoms with Crippen molar-refractivity contribution in [1.82, 2.24) is 40.9 Å². The van der Waals surface area contributed by atoms with E-state index in [-0.39, 0.29) is 141 Å². The predicted octanol–water partition coefficient (Wildman–Crippen LogP) is 9.32. The standard InChI is InChI=1S/C75H100N8O10/c1-7-51(4)72(90)79-71(60-26-18-11-19-27-60)75(93)83-47-63(78-53(6)85)43-65(83)48-80(40-38-54-20-12-8-13-21-54)69(88)37-36-67(86)59-32-28-56(29-33-59)57-30-34-61(35-31-57)73(91)76-45-70(89)81(41-39-55-22-14-9-15-23-55)49-64-42-62(77-52(5)84)46-82(64)74(92)66(44-68(87)50(2)3)58-24-16-10-17-25-58/h8-9,12-15,20-23,28-35,50-51,58,60,62-66,71H,7,10-11,16-19,24-27,36-49H2,1-6H3,(H,76,91)(H,77,84)(H,78,85)(H,79,90)/t51-,62+,63+,64+,65+,66+,71+/m1/s1. The van der Waals surface area contributed by atoms with Gasteiger partial charge in [-0.25, -0.2) is 0 Å². The molecular formula is C75H100N8O10. The topological polar surface area (TPSA) is 232 Å². The molecule has 0 unspecified atom stereocenters. The average Bonchev–Trinajstić information content (AvgIpc) is 1.86. The molecule has 0 aromatic heterocycles. The molecule has 18 heteroatoms. The third kappa shape index (κ3) is 20.5. The maximum absolute atomic E-state index is 14.9. The largest absolute Gasteiger partial charge is 0.352 e. The van der Waals surface area contributed by atoms with Gasteiger partial charge in [0.2, 0.25) is 41.4 Å². The van der Waals surface area contributed by atoms with E-state index >= 15 is 0 Å². The van der Waals surface area contributed by atoms with Gasteiger partial charge in [-0.1, -0.05) is 163 Å². The molecule has 2 saturated carbocycles. The van der Waals surface area contributed by atoms with Crippen molar-refractivity contribution in [2.45, 2.75) is 187 Å². The number of Topliss-reactive ketones (excluding diaryl/α,β-unsaturated/α-hetero) is 2. The fourth-order valence-electron chi connectivity index (χ4n) is 14.2. The lowest BCUT2D eigenvalue weighted by atomic mass is 9.76. The minimum absolute atomic E-state index is 0.0221. The molecule has 4 aromatic carbocycles. The molecule has 4 fully saturated rings. The number of ketones is 2. The normalized spacial score (nSPS) is 19.4. The van der Waals surface area contributed by atoms with Gasteiger partial charge in [-0.3, -0.25) is 47.9 Å². The van der Waals surface area contributed by atoms with E-state index in [9.17, 15) is 47.9 Å². The van der Waals surface area contributed by atoms with Crippen LogP contribution < -0.4 is 21.3 Å². The zero-order valence-corrected chi connectivity index (χ0v) is 55.7. The van der Waals surface area contributed by atoms with Crippen LogP contribution >= 0.6 is 0 Å². The Morgan fingerprint density at radius 2 is 1.02 bits per heavy atom. The highest BCUT2D eigenvalue weighted by Gasteiger charge is 2.45. The van der Waals surface area contributed by atoms with Gasteiger partial charge in [0.15, 0.2) is 5.78 Å². The second kappa shape index (κ2) is 34.8. The van der Waals surface area contributed by atoms with E-state index in [0.29, 0.717) is 56.3 Å². The van der Waals surface area contributed by atoms with E-state index < -0.39 is 30.0 Å². The van der Waals surface area contributed by atoms with Crippen LogP contribution in [0.3, 0.4) is 0 Å². The summed E-state index contributed by atoms with van der Waals surface area (Å²) in [4.78, 5) is 145. The van der Waals surface area contributed by atoms with Crippen molar-refractivity contribution in [3.63, 3.8) is 0 Å². The van der Waals surface area contributed by atoms with Crippen LogP contribution in [0.25, 0.3) is 11.1 Å². The third-order valence-corrected chi connectivity index (χ3v) is 19.8. The SMILES string of the molecule is CC[C@@H](C)C(=O)N[C@H](C(=O)N1C[C@@H](NC(C)=O)C[C@H]1CN(CCc1ccccc1)C(=O)CCC(=O)c1ccc(-c2ccc(C(=O)NCC(=O)N(CCc3ccccc3)C[C@@H]3C[C@H](NC(C)=O)CN3C(=O)[C@@H](CC(=O)C(C)C)C3CCCCC3)cc2)cc1)C1CCCCC1. The van der Waals surface area contributed by atoms with Gasteiger partial charge in [-0.05, 0) is 104 Å². The van der Waals surface area contributed by atoms with Gasteiger partial charge >= 0.3 is 0 Å². The molecule has 500 valence electrons. The van der Waals surface area contributed by atoms with Crippen molar-refractivity contribution in [2.75, 3.05) is 45.8 Å². The van der Waals surface area contributed by atoms with E-state index in [1.165, 1.54) is 13.8 Å². The molecule has 0 bridgehead atoms. The smallest absolute Gasteiger partial charge is 0.251 e. The van der Waals surface area contributed by atoms with Gasteiger partial charge in [0.25, 0.3) is 5.91 Å². The van der Waals surface area contributed by atoms with Crippen LogP contribution in [0.2, 0.25) is 0 Å². The summed E-state index contributed by atoms with van der Waals surface area (Å²) in [5.41, 5.74) is 4.40. The van der Waals surface area contributed by atoms with E-state index in [0.717, 1.165) is 86.5 Å². The van der Waals surface area contributed by atoms with Crippen molar-refractivity contribution >= 4 is 58.8 Å². The molecular weight excluding hydrogens is 1170 g/mol. The number of nitrogens with one attached hydrogen (secondary N) is 4. The molecule has 4 aliphatic rings. The molecule has 4 N–H and O–H groups in total. The maximum Gasteiger partial charge on any atom is 0.251 e. The number of hydrogen-bond donors (Lipinski definition) is 4. The molecule has 18 nitrogen and oxygen atoms in total. The number of hydrogen-bond acceptors (Lipinski definition) is 10. The van der Waals surface area contributed by atoms with Gasteiger partial charge in [0.05, 0.1) is 18.6 Å². The Hall–Kier alpha value is -8.02. The highest BCUT2D eigenvalue weighted by Crippen LogP contribution is 2.36. The Labute approximate surface area is 550 Å². The second-order valence-corrected chi connectivity index (χ2v) is 27.0. The molecule has 2 saturated heterocycles. The predicted molar refractivity (Wildman–Crippen MR) is 359 cm³/mol. The van der Waals surface area contributed by atoms with Crippen molar-refractivity contribution in [2.24, 2.45) is 29.6 Å². The minimum Gasteiger partial charge on any atom is -0.352 e. The first-order valence-electron chi connectivity index (χ1n) is 34.4. The van der Waals surface area contributed by atoms with Crippen LogP contribution in [0.1, 0.15) is 176 Å². The lowest BCUT2D eigenvalue weighted by Gasteiger charge is -2.37. The summed E-state index contributed by atoms with van der Waals surface area (Å²) < 4.78 is 0. The van der Waals surface area contributed by atoms with Gasteiger partial charge < -0.3 is 40.9 Å². The lowest BCUT2D eigenvalue weighted by Crippen LogP contribution is -2.56. The quantitative estimate of drug-likeness (QED) is 0.0361. The first-order chi connectivity index (χ1) is 44.7. The Balaban J connectivity index is 0.903. The van der Waals surface area contributed by atoms with Crippen LogP contribution in [-0.4, -0.2) is 154 Å². The van der Waals surface area contributed by atoms with Gasteiger partial charge in [-0.2, -0.15) is 0 Å². The summed E-state index contributed by atoms with van der Waals surface area (Å²) >= 11 is 0. The van der Waals surface area contributed by atoms with E-state index in [1.54, 1.807) is 51.1 Å². The summed E-state index contributed by atoms with van der Waals surface area (Å²) in [5.74, 6) is -2.94. The Kier molecular flexibility index (Phi) is 26.5. The van der Waals surface area contributed by atoms with E-state index in [1.807, 2.05) is 105 Å². The van der Waals surface area contributed by atoms with Gasteiger partial charge in [0, 0.05) is 113 Å². The lowest BCUT2D eigenvalue weighted by molar-refractivity contribution is -0.143. The first-order valence-corrected chi connectivity index (χ1v) is 34.4. The molecule has 8 rings (SSSR count). The summed E-state index contributed by atoms with van der Waals surface area (Å²) in [6, 6.07) is 31.4. The van der Waals surface area contributed by atoms with Crippen LogP contribution in [0.15, 0.2) is 109 Å². The Morgan fingerprint density at radius 3 is 1.51 bits per heavy atom.